The molecule has 3 aromatic heterocycles. The van der Waals surface area contributed by atoms with Gasteiger partial charge in [0.25, 0.3) is 0 Å². The van der Waals surface area contributed by atoms with Crippen LogP contribution in [0.15, 0.2) is 47.4 Å². The molecule has 0 fully saturated rings. The van der Waals surface area contributed by atoms with E-state index in [2.05, 4.69) is 36.0 Å². The van der Waals surface area contributed by atoms with Gasteiger partial charge >= 0.3 is 6.03 Å². The fourth-order valence-electron chi connectivity index (χ4n) is 2.51. The molecule has 0 bridgehead atoms. The molecule has 0 saturated heterocycles. The molecule has 4 aromatic rings. The van der Waals surface area contributed by atoms with Crippen LogP contribution in [0, 0.1) is 0 Å². The van der Waals surface area contributed by atoms with E-state index in [0.717, 1.165) is 0 Å². The van der Waals surface area contributed by atoms with E-state index in [1.54, 1.807) is 36.5 Å². The number of amides is 2. The summed E-state index contributed by atoms with van der Waals surface area (Å²) >= 11 is 0. The minimum absolute atomic E-state index is 0.190. The lowest BCUT2D eigenvalue weighted by Gasteiger charge is -2.12. The molecule has 148 valence electrons. The van der Waals surface area contributed by atoms with Crippen molar-refractivity contribution in [2.45, 2.75) is 26.2 Å². The largest absolute Gasteiger partial charge is 0.438 e. The first kappa shape index (κ1) is 18.4. The molecule has 0 aliphatic rings. The zero-order chi connectivity index (χ0) is 20.4. The molecule has 4 rings (SSSR count). The highest BCUT2D eigenvalue weighted by Gasteiger charge is 2.20. The predicted molar refractivity (Wildman–Crippen MR) is 106 cm³/mol. The number of aromatic amines is 1. The van der Waals surface area contributed by atoms with Crippen molar-refractivity contribution >= 4 is 28.6 Å². The molecule has 3 heterocycles. The minimum atomic E-state index is -0.427. The minimum Gasteiger partial charge on any atom is -0.438 e. The molecular formula is C19H19N7O3. The number of nitrogens with one attached hydrogen (secondary N) is 3. The number of rotatable bonds is 4. The first-order valence-corrected chi connectivity index (χ1v) is 8.86. The second kappa shape index (κ2) is 7.23. The van der Waals surface area contributed by atoms with Crippen LogP contribution in [0.5, 0.6) is 11.6 Å². The number of hydrogen-bond acceptors (Lipinski definition) is 7. The number of carbonyl (C=O) groups excluding carboxylic acids is 1. The Kier molecular flexibility index (Phi) is 4.59. The average molecular weight is 393 g/mol. The molecule has 0 aliphatic heterocycles. The van der Waals surface area contributed by atoms with Crippen LogP contribution in [0.25, 0.3) is 11.0 Å². The van der Waals surface area contributed by atoms with Crippen molar-refractivity contribution in [3.63, 3.8) is 0 Å². The van der Waals surface area contributed by atoms with E-state index >= 15 is 0 Å². The van der Waals surface area contributed by atoms with Gasteiger partial charge in [-0.25, -0.2) is 14.8 Å². The van der Waals surface area contributed by atoms with Crippen molar-refractivity contribution in [1.29, 1.82) is 0 Å². The lowest BCUT2D eigenvalue weighted by atomic mass is 9.93. The first-order valence-electron chi connectivity index (χ1n) is 8.86. The number of carbonyl (C=O) groups is 1. The third-order valence-electron chi connectivity index (χ3n) is 4.03. The van der Waals surface area contributed by atoms with E-state index in [1.807, 2.05) is 20.8 Å². The number of anilines is 2. The highest BCUT2D eigenvalue weighted by atomic mass is 16.5. The smallest absolute Gasteiger partial charge is 0.324 e. The number of urea groups is 1. The number of aromatic nitrogens is 5. The Balaban J connectivity index is 1.38. The number of fused-ring (bicyclic) bond motifs is 1. The molecule has 2 amide bonds. The normalized spacial score (nSPS) is 11.4. The van der Waals surface area contributed by atoms with Crippen molar-refractivity contribution in [3.8, 4) is 11.6 Å². The van der Waals surface area contributed by atoms with Gasteiger partial charge in [0.2, 0.25) is 5.88 Å². The number of hydrogen-bond donors (Lipinski definition) is 3. The Hall–Kier alpha value is -3.95. The third-order valence-corrected chi connectivity index (χ3v) is 4.03. The summed E-state index contributed by atoms with van der Waals surface area (Å²) in [5, 5.41) is 16.6. The fraction of sp³-hybridized carbons (Fsp3) is 0.211. The first-order chi connectivity index (χ1) is 13.9. The van der Waals surface area contributed by atoms with Crippen LogP contribution in [0.1, 0.15) is 26.5 Å². The Morgan fingerprint density at radius 2 is 1.93 bits per heavy atom. The number of ether oxygens (including phenoxy) is 1. The maximum atomic E-state index is 12.2. The maximum absolute atomic E-state index is 12.2. The van der Waals surface area contributed by atoms with Crippen LogP contribution in [0.3, 0.4) is 0 Å². The monoisotopic (exact) mass is 393 g/mol. The van der Waals surface area contributed by atoms with Crippen molar-refractivity contribution in [2.75, 3.05) is 10.6 Å². The van der Waals surface area contributed by atoms with Crippen LogP contribution < -0.4 is 15.4 Å². The zero-order valence-electron chi connectivity index (χ0n) is 16.1. The van der Waals surface area contributed by atoms with E-state index < -0.39 is 6.03 Å². The molecular weight excluding hydrogens is 374 g/mol. The number of H-pyrrole nitrogens is 1. The van der Waals surface area contributed by atoms with Gasteiger partial charge in [0.1, 0.15) is 23.2 Å². The number of benzene rings is 1. The summed E-state index contributed by atoms with van der Waals surface area (Å²) in [6, 6.07) is 8.14. The van der Waals surface area contributed by atoms with Crippen LogP contribution >= 0.6 is 0 Å². The third kappa shape index (κ3) is 4.15. The van der Waals surface area contributed by atoms with Gasteiger partial charge in [-0.05, 0) is 24.3 Å². The summed E-state index contributed by atoms with van der Waals surface area (Å²) in [5.41, 5.74) is 0.989. The molecule has 0 radical (unpaired) electrons. The van der Waals surface area contributed by atoms with E-state index in [4.69, 9.17) is 9.26 Å². The summed E-state index contributed by atoms with van der Waals surface area (Å²) in [7, 11) is 0. The van der Waals surface area contributed by atoms with Crippen molar-refractivity contribution < 1.29 is 14.1 Å². The van der Waals surface area contributed by atoms with Crippen molar-refractivity contribution in [1.82, 2.24) is 25.3 Å². The Labute approximate surface area is 165 Å². The molecule has 1 aromatic carbocycles. The summed E-state index contributed by atoms with van der Waals surface area (Å²) in [5.74, 6) is 1.98. The van der Waals surface area contributed by atoms with Gasteiger partial charge in [-0.15, -0.1) is 0 Å². The number of nitrogens with zero attached hydrogens (tertiary/aromatic N) is 4. The molecule has 3 N–H and O–H groups in total. The summed E-state index contributed by atoms with van der Waals surface area (Å²) in [6.45, 7) is 6.00. The predicted octanol–water partition coefficient (Wildman–Crippen LogP) is 4.07. The molecule has 10 nitrogen and oxygen atoms in total. The van der Waals surface area contributed by atoms with Gasteiger partial charge < -0.3 is 14.6 Å². The van der Waals surface area contributed by atoms with Gasteiger partial charge in [0.15, 0.2) is 11.5 Å². The van der Waals surface area contributed by atoms with Crippen LogP contribution in [0.2, 0.25) is 0 Å². The van der Waals surface area contributed by atoms with E-state index in [0.29, 0.717) is 39.9 Å². The second-order valence-corrected chi connectivity index (χ2v) is 7.34. The molecule has 0 unspecified atom stereocenters. The quantitative estimate of drug-likeness (QED) is 0.476. The molecule has 0 aliphatic carbocycles. The van der Waals surface area contributed by atoms with Crippen LogP contribution in [0.4, 0.5) is 16.3 Å². The standard InChI is InChI=1S/C19H19N7O3/c1-19(2,3)14-8-15(26-29-14)24-18(27)23-11-4-6-12(7-5-11)28-17-13-9-22-25-16(13)20-10-21-17/h4-10H,1-3H3,(H,20,21,22,25)(H2,23,24,26,27). The average Bonchev–Trinajstić information content (AvgIpc) is 3.33. The molecule has 0 saturated carbocycles. The molecule has 29 heavy (non-hydrogen) atoms. The van der Waals surface area contributed by atoms with Crippen LogP contribution in [-0.2, 0) is 5.41 Å². The maximum Gasteiger partial charge on any atom is 0.324 e. The van der Waals surface area contributed by atoms with Gasteiger partial charge in [-0.1, -0.05) is 25.9 Å². The van der Waals surface area contributed by atoms with Crippen molar-refractivity contribution in [2.24, 2.45) is 0 Å². The molecule has 0 atom stereocenters. The topological polar surface area (TPSA) is 131 Å². The molecule has 10 heteroatoms. The lowest BCUT2D eigenvalue weighted by Crippen LogP contribution is -2.19. The Morgan fingerprint density at radius 1 is 1.14 bits per heavy atom. The lowest BCUT2D eigenvalue weighted by molar-refractivity contribution is 0.262. The van der Waals surface area contributed by atoms with E-state index in [9.17, 15) is 4.79 Å². The summed E-state index contributed by atoms with van der Waals surface area (Å²) < 4.78 is 11.0. The van der Waals surface area contributed by atoms with E-state index in [-0.39, 0.29) is 5.41 Å². The van der Waals surface area contributed by atoms with Crippen LogP contribution in [-0.4, -0.2) is 31.4 Å². The van der Waals surface area contributed by atoms with Gasteiger partial charge in [0.05, 0.1) is 6.20 Å². The second-order valence-electron chi connectivity index (χ2n) is 7.34. The Bertz CT molecular complexity index is 1140. The Morgan fingerprint density at radius 3 is 2.66 bits per heavy atom. The van der Waals surface area contributed by atoms with E-state index in [1.165, 1.54) is 6.33 Å². The van der Waals surface area contributed by atoms with Gasteiger partial charge in [0, 0.05) is 17.2 Å². The summed E-state index contributed by atoms with van der Waals surface area (Å²) in [6.07, 6.45) is 2.99. The molecule has 0 spiro atoms. The van der Waals surface area contributed by atoms with Gasteiger partial charge in [-0.3, -0.25) is 10.4 Å². The SMILES string of the molecule is CC(C)(C)c1cc(NC(=O)Nc2ccc(Oc3ncnc4[nH]ncc34)cc2)no1. The summed E-state index contributed by atoms with van der Waals surface area (Å²) in [4.78, 5) is 20.4. The van der Waals surface area contributed by atoms with Gasteiger partial charge in [-0.2, -0.15) is 5.10 Å². The fourth-order valence-corrected chi connectivity index (χ4v) is 2.51. The zero-order valence-corrected chi connectivity index (χ0v) is 16.1. The highest BCUT2D eigenvalue weighted by molar-refractivity contribution is 5.99. The van der Waals surface area contributed by atoms with Crippen molar-refractivity contribution in [3.05, 3.63) is 48.6 Å². The highest BCUT2D eigenvalue weighted by Crippen LogP contribution is 2.27.